The second kappa shape index (κ2) is 7.55. The van der Waals surface area contributed by atoms with E-state index in [0.29, 0.717) is 0 Å². The number of ether oxygens (including phenoxy) is 1. The molecular formula is C11H23NOS. The summed E-state index contributed by atoms with van der Waals surface area (Å²) in [4.78, 5) is 2.43. The molecule has 0 saturated carbocycles. The van der Waals surface area contributed by atoms with Crippen LogP contribution in [0.25, 0.3) is 0 Å². The van der Waals surface area contributed by atoms with Crippen LogP contribution in [-0.4, -0.2) is 44.0 Å². The maximum atomic E-state index is 5.47. The van der Waals surface area contributed by atoms with Crippen molar-refractivity contribution in [3.05, 3.63) is 0 Å². The van der Waals surface area contributed by atoms with Crippen molar-refractivity contribution in [2.45, 2.75) is 25.7 Å². The van der Waals surface area contributed by atoms with Crippen LogP contribution in [0.2, 0.25) is 0 Å². The second-order valence-electron chi connectivity index (χ2n) is 4.28. The van der Waals surface area contributed by atoms with E-state index in [1.54, 1.807) is 0 Å². The van der Waals surface area contributed by atoms with E-state index < -0.39 is 0 Å². The minimum Gasteiger partial charge on any atom is -0.381 e. The average Bonchev–Trinajstić information content (AvgIpc) is 2.20. The van der Waals surface area contributed by atoms with Crippen molar-refractivity contribution in [2.75, 3.05) is 39.1 Å². The van der Waals surface area contributed by atoms with Gasteiger partial charge in [0.1, 0.15) is 0 Å². The highest BCUT2D eigenvalue weighted by molar-refractivity contribution is 7.80. The van der Waals surface area contributed by atoms with Gasteiger partial charge in [-0.05, 0) is 50.9 Å². The van der Waals surface area contributed by atoms with Crippen LogP contribution in [0.3, 0.4) is 0 Å². The highest BCUT2D eigenvalue weighted by Gasteiger charge is 2.15. The fraction of sp³-hybridized carbons (Fsp3) is 1.00. The van der Waals surface area contributed by atoms with Crippen LogP contribution in [0.4, 0.5) is 0 Å². The summed E-state index contributed by atoms with van der Waals surface area (Å²) in [5, 5.41) is 0. The molecule has 0 aromatic carbocycles. The lowest BCUT2D eigenvalue weighted by Crippen LogP contribution is -2.31. The monoisotopic (exact) mass is 217 g/mol. The van der Waals surface area contributed by atoms with Gasteiger partial charge in [-0.3, -0.25) is 0 Å². The Morgan fingerprint density at radius 1 is 1.43 bits per heavy atom. The van der Waals surface area contributed by atoms with Gasteiger partial charge in [0.2, 0.25) is 0 Å². The van der Waals surface area contributed by atoms with Gasteiger partial charge in [-0.1, -0.05) is 0 Å². The van der Waals surface area contributed by atoms with E-state index in [9.17, 15) is 0 Å². The summed E-state index contributed by atoms with van der Waals surface area (Å²) in [6.07, 6.45) is 5.09. The SMILES string of the molecule is CN(CCCCS)CC1CCCOC1. The first-order chi connectivity index (χ1) is 6.83. The van der Waals surface area contributed by atoms with E-state index in [4.69, 9.17) is 4.74 Å². The number of rotatable bonds is 6. The standard InChI is InChI=1S/C11H23NOS/c1-12(6-2-3-8-14)9-11-5-4-7-13-10-11/h11,14H,2-10H2,1H3. The van der Waals surface area contributed by atoms with Gasteiger partial charge < -0.3 is 9.64 Å². The van der Waals surface area contributed by atoms with Crippen LogP contribution in [0.5, 0.6) is 0 Å². The van der Waals surface area contributed by atoms with Gasteiger partial charge in [-0.15, -0.1) is 0 Å². The summed E-state index contributed by atoms with van der Waals surface area (Å²) < 4.78 is 5.47. The van der Waals surface area contributed by atoms with E-state index >= 15 is 0 Å². The molecular weight excluding hydrogens is 194 g/mol. The van der Waals surface area contributed by atoms with Gasteiger partial charge in [0.15, 0.2) is 0 Å². The second-order valence-corrected chi connectivity index (χ2v) is 4.72. The molecule has 1 rings (SSSR count). The Bertz CT molecular complexity index is 137. The number of unbranched alkanes of at least 4 members (excludes halogenated alkanes) is 1. The number of hydrogen-bond donors (Lipinski definition) is 1. The zero-order valence-corrected chi connectivity index (χ0v) is 10.1. The molecule has 1 atom stereocenters. The fourth-order valence-corrected chi connectivity index (χ4v) is 2.20. The van der Waals surface area contributed by atoms with Crippen LogP contribution in [-0.2, 0) is 4.74 Å². The van der Waals surface area contributed by atoms with Crippen molar-refractivity contribution in [1.29, 1.82) is 0 Å². The molecule has 0 aromatic heterocycles. The number of nitrogens with zero attached hydrogens (tertiary/aromatic N) is 1. The first-order valence-electron chi connectivity index (χ1n) is 5.70. The molecule has 14 heavy (non-hydrogen) atoms. The largest absolute Gasteiger partial charge is 0.381 e. The Morgan fingerprint density at radius 3 is 2.93 bits per heavy atom. The lowest BCUT2D eigenvalue weighted by Gasteiger charge is -2.26. The minimum absolute atomic E-state index is 0.768. The molecule has 84 valence electrons. The Balaban J connectivity index is 2.03. The lowest BCUT2D eigenvalue weighted by molar-refractivity contribution is 0.0419. The molecule has 1 unspecified atom stereocenters. The fourth-order valence-electron chi connectivity index (χ4n) is 1.98. The number of thiol groups is 1. The van der Waals surface area contributed by atoms with Crippen LogP contribution >= 0.6 is 12.6 Å². The van der Waals surface area contributed by atoms with Crippen LogP contribution in [0.15, 0.2) is 0 Å². The maximum Gasteiger partial charge on any atom is 0.0506 e. The normalized spacial score (nSPS) is 22.9. The van der Waals surface area contributed by atoms with E-state index in [1.165, 1.54) is 38.8 Å². The van der Waals surface area contributed by atoms with E-state index in [0.717, 1.165) is 24.9 Å². The van der Waals surface area contributed by atoms with Gasteiger partial charge in [0.05, 0.1) is 6.61 Å². The Hall–Kier alpha value is 0.270. The zero-order valence-electron chi connectivity index (χ0n) is 9.24. The van der Waals surface area contributed by atoms with Crippen molar-refractivity contribution in [1.82, 2.24) is 4.90 Å². The quantitative estimate of drug-likeness (QED) is 0.540. The molecule has 0 amide bonds. The summed E-state index contributed by atoms with van der Waals surface area (Å²) in [5.41, 5.74) is 0. The number of hydrogen-bond acceptors (Lipinski definition) is 3. The van der Waals surface area contributed by atoms with E-state index in [-0.39, 0.29) is 0 Å². The molecule has 2 nitrogen and oxygen atoms in total. The Labute approximate surface area is 93.4 Å². The molecule has 1 heterocycles. The smallest absolute Gasteiger partial charge is 0.0506 e. The minimum atomic E-state index is 0.768. The van der Waals surface area contributed by atoms with Gasteiger partial charge in [-0.2, -0.15) is 12.6 Å². The first kappa shape index (κ1) is 12.3. The summed E-state index contributed by atoms with van der Waals surface area (Å²) in [6.45, 7) is 4.35. The van der Waals surface area contributed by atoms with Crippen LogP contribution in [0, 0.1) is 5.92 Å². The maximum absolute atomic E-state index is 5.47. The lowest BCUT2D eigenvalue weighted by atomic mass is 10.0. The van der Waals surface area contributed by atoms with Gasteiger partial charge in [0, 0.05) is 13.2 Å². The molecule has 1 saturated heterocycles. The Kier molecular flexibility index (Phi) is 6.65. The predicted octanol–water partition coefficient (Wildman–Crippen LogP) is 2.05. The summed E-state index contributed by atoms with van der Waals surface area (Å²) >= 11 is 4.22. The summed E-state index contributed by atoms with van der Waals surface area (Å²) in [6, 6.07) is 0. The zero-order chi connectivity index (χ0) is 10.2. The van der Waals surface area contributed by atoms with Crippen molar-refractivity contribution in [3.8, 4) is 0 Å². The molecule has 0 aliphatic carbocycles. The molecule has 1 aliphatic heterocycles. The van der Waals surface area contributed by atoms with Crippen molar-refractivity contribution in [2.24, 2.45) is 5.92 Å². The van der Waals surface area contributed by atoms with Gasteiger partial charge >= 0.3 is 0 Å². The topological polar surface area (TPSA) is 12.5 Å². The molecule has 3 heteroatoms. The molecule has 0 bridgehead atoms. The third kappa shape index (κ3) is 5.23. The third-order valence-electron chi connectivity index (χ3n) is 2.77. The van der Waals surface area contributed by atoms with Gasteiger partial charge in [-0.25, -0.2) is 0 Å². The van der Waals surface area contributed by atoms with Crippen molar-refractivity contribution < 1.29 is 4.74 Å². The van der Waals surface area contributed by atoms with Crippen LogP contribution in [0.1, 0.15) is 25.7 Å². The molecule has 0 aromatic rings. The molecule has 0 spiro atoms. The first-order valence-corrected chi connectivity index (χ1v) is 6.33. The third-order valence-corrected chi connectivity index (χ3v) is 3.09. The molecule has 1 fully saturated rings. The molecule has 0 N–H and O–H groups in total. The van der Waals surface area contributed by atoms with Crippen molar-refractivity contribution >= 4 is 12.6 Å². The average molecular weight is 217 g/mol. The Morgan fingerprint density at radius 2 is 2.29 bits per heavy atom. The van der Waals surface area contributed by atoms with Crippen molar-refractivity contribution in [3.63, 3.8) is 0 Å². The highest BCUT2D eigenvalue weighted by Crippen LogP contribution is 2.14. The van der Waals surface area contributed by atoms with Crippen LogP contribution < -0.4 is 0 Å². The molecule has 1 aliphatic rings. The predicted molar refractivity (Wildman–Crippen MR) is 64.1 cm³/mol. The van der Waals surface area contributed by atoms with Gasteiger partial charge in [0.25, 0.3) is 0 Å². The summed E-state index contributed by atoms with van der Waals surface area (Å²) in [7, 11) is 2.22. The summed E-state index contributed by atoms with van der Waals surface area (Å²) in [5.74, 6) is 1.78. The van der Waals surface area contributed by atoms with E-state index in [1.807, 2.05) is 0 Å². The van der Waals surface area contributed by atoms with E-state index in [2.05, 4.69) is 24.6 Å². The molecule has 0 radical (unpaired) electrons. The highest BCUT2D eigenvalue weighted by atomic mass is 32.1.